The van der Waals surface area contributed by atoms with Crippen molar-refractivity contribution in [3.8, 4) is 22.8 Å². The number of pyridine rings is 1. The Balaban J connectivity index is 1.69. The van der Waals surface area contributed by atoms with E-state index in [1.54, 1.807) is 26.5 Å². The van der Waals surface area contributed by atoms with Gasteiger partial charge in [0.05, 0.1) is 30.0 Å². The second-order valence-corrected chi connectivity index (χ2v) is 9.10. The van der Waals surface area contributed by atoms with Crippen molar-refractivity contribution in [2.24, 2.45) is 5.41 Å². The van der Waals surface area contributed by atoms with Crippen LogP contribution in [0.15, 0.2) is 18.3 Å². The number of halogens is 2. The van der Waals surface area contributed by atoms with Crippen LogP contribution >= 0.6 is 23.2 Å². The molecule has 0 unspecified atom stereocenters. The van der Waals surface area contributed by atoms with E-state index < -0.39 is 0 Å². The molecular weight excluding hydrogens is 437 g/mol. The molecule has 7 nitrogen and oxygen atoms in total. The molecule has 0 radical (unpaired) electrons. The highest BCUT2D eigenvalue weighted by Gasteiger charge is 2.45. The number of fused-ring (bicyclic) bond motifs is 1. The van der Waals surface area contributed by atoms with Crippen molar-refractivity contribution in [2.45, 2.75) is 25.7 Å². The van der Waals surface area contributed by atoms with Crippen molar-refractivity contribution in [2.75, 3.05) is 37.9 Å². The van der Waals surface area contributed by atoms with Crippen molar-refractivity contribution in [3.63, 3.8) is 0 Å². The molecular formula is C22H23Cl2N5O2. The molecule has 5 rings (SSSR count). The monoisotopic (exact) mass is 459 g/mol. The van der Waals surface area contributed by atoms with Crippen molar-refractivity contribution >= 4 is 45.9 Å². The normalized spacial score (nSPS) is 17.2. The molecule has 0 bridgehead atoms. The molecule has 1 saturated carbocycles. The Bertz CT molecular complexity index is 1140. The fourth-order valence-electron chi connectivity index (χ4n) is 4.85. The molecule has 1 spiro atoms. The average molecular weight is 460 g/mol. The highest BCUT2D eigenvalue weighted by Crippen LogP contribution is 2.49. The molecule has 1 aliphatic heterocycles. The summed E-state index contributed by atoms with van der Waals surface area (Å²) in [5, 5.41) is 1.56. The number of anilines is 2. The molecule has 31 heavy (non-hydrogen) atoms. The summed E-state index contributed by atoms with van der Waals surface area (Å²) >= 11 is 13.3. The minimum absolute atomic E-state index is 0.221. The molecule has 2 fully saturated rings. The van der Waals surface area contributed by atoms with Gasteiger partial charge < -0.3 is 20.1 Å². The SMILES string of the molecule is COc1cc(OC)c(Cl)c(-c2cc3cnc(N)nc3c(N3CC4(CCCC4)C3)n2)c1Cl. The van der Waals surface area contributed by atoms with Crippen LogP contribution < -0.4 is 20.1 Å². The molecule has 1 aliphatic carbocycles. The Hall–Kier alpha value is -2.51. The zero-order valence-electron chi connectivity index (χ0n) is 17.4. The lowest BCUT2D eigenvalue weighted by Crippen LogP contribution is -2.55. The summed E-state index contributed by atoms with van der Waals surface area (Å²) in [6.45, 7) is 1.93. The van der Waals surface area contributed by atoms with Gasteiger partial charge in [0.25, 0.3) is 0 Å². The Morgan fingerprint density at radius 2 is 1.65 bits per heavy atom. The fourth-order valence-corrected chi connectivity index (χ4v) is 5.54. The van der Waals surface area contributed by atoms with Gasteiger partial charge in [0.1, 0.15) is 17.0 Å². The van der Waals surface area contributed by atoms with E-state index >= 15 is 0 Å². The van der Waals surface area contributed by atoms with Gasteiger partial charge in [-0.05, 0) is 18.9 Å². The number of ether oxygens (including phenoxy) is 2. The molecule has 0 amide bonds. The molecule has 2 aliphatic rings. The first-order valence-corrected chi connectivity index (χ1v) is 11.0. The first kappa shape index (κ1) is 20.4. The quantitative estimate of drug-likeness (QED) is 0.588. The molecule has 162 valence electrons. The van der Waals surface area contributed by atoms with Crippen LogP contribution in [0.1, 0.15) is 25.7 Å². The van der Waals surface area contributed by atoms with E-state index in [0.717, 1.165) is 29.8 Å². The van der Waals surface area contributed by atoms with Gasteiger partial charge in [-0.15, -0.1) is 0 Å². The number of aromatic nitrogens is 3. The van der Waals surface area contributed by atoms with E-state index in [-0.39, 0.29) is 5.95 Å². The van der Waals surface area contributed by atoms with E-state index in [9.17, 15) is 0 Å². The summed E-state index contributed by atoms with van der Waals surface area (Å²) in [6.07, 6.45) is 6.83. The average Bonchev–Trinajstić information content (AvgIpc) is 3.23. The maximum Gasteiger partial charge on any atom is 0.220 e. The molecule has 1 saturated heterocycles. The van der Waals surface area contributed by atoms with Gasteiger partial charge in [-0.25, -0.2) is 15.0 Å². The molecule has 0 atom stereocenters. The Morgan fingerprint density at radius 1 is 1.00 bits per heavy atom. The summed E-state index contributed by atoms with van der Waals surface area (Å²) < 4.78 is 10.9. The third kappa shape index (κ3) is 3.31. The van der Waals surface area contributed by atoms with E-state index in [2.05, 4.69) is 14.9 Å². The molecule has 2 aromatic heterocycles. The zero-order valence-corrected chi connectivity index (χ0v) is 18.9. The molecule has 2 N–H and O–H groups in total. The minimum Gasteiger partial charge on any atom is -0.495 e. The van der Waals surface area contributed by atoms with E-state index in [1.807, 2.05) is 6.07 Å². The maximum atomic E-state index is 6.66. The van der Waals surface area contributed by atoms with Crippen LogP contribution in [0.3, 0.4) is 0 Å². The van der Waals surface area contributed by atoms with Gasteiger partial charge in [-0.1, -0.05) is 36.0 Å². The second-order valence-electron chi connectivity index (χ2n) is 8.34. The number of nitrogen functional groups attached to an aromatic ring is 1. The van der Waals surface area contributed by atoms with Gasteiger partial charge in [-0.3, -0.25) is 0 Å². The topological polar surface area (TPSA) is 86.4 Å². The predicted octanol–water partition coefficient (Wildman–Crippen LogP) is 4.98. The highest BCUT2D eigenvalue weighted by molar-refractivity contribution is 6.41. The van der Waals surface area contributed by atoms with Gasteiger partial charge in [0, 0.05) is 41.7 Å². The van der Waals surface area contributed by atoms with Crippen LogP contribution in [0, 0.1) is 5.41 Å². The van der Waals surface area contributed by atoms with Gasteiger partial charge in [-0.2, -0.15) is 0 Å². The smallest absolute Gasteiger partial charge is 0.220 e. The van der Waals surface area contributed by atoms with Crippen molar-refractivity contribution in [1.82, 2.24) is 15.0 Å². The maximum absolute atomic E-state index is 6.66. The van der Waals surface area contributed by atoms with Crippen LogP contribution in [0.5, 0.6) is 11.5 Å². The predicted molar refractivity (Wildman–Crippen MR) is 123 cm³/mol. The van der Waals surface area contributed by atoms with E-state index in [4.69, 9.17) is 43.4 Å². The van der Waals surface area contributed by atoms with Crippen molar-refractivity contribution in [1.29, 1.82) is 0 Å². The summed E-state index contributed by atoms with van der Waals surface area (Å²) in [5.41, 5.74) is 8.18. The third-order valence-corrected chi connectivity index (χ3v) is 7.16. The number of hydrogen-bond donors (Lipinski definition) is 1. The molecule has 1 aromatic carbocycles. The summed E-state index contributed by atoms with van der Waals surface area (Å²) in [7, 11) is 3.10. The largest absolute Gasteiger partial charge is 0.495 e. The van der Waals surface area contributed by atoms with E-state index in [1.165, 1.54) is 25.7 Å². The van der Waals surface area contributed by atoms with Crippen LogP contribution in [0.4, 0.5) is 11.8 Å². The van der Waals surface area contributed by atoms with Crippen LogP contribution in [0.25, 0.3) is 22.2 Å². The third-order valence-electron chi connectivity index (χ3n) is 6.41. The lowest BCUT2D eigenvalue weighted by Gasteiger charge is -2.49. The van der Waals surface area contributed by atoms with Crippen LogP contribution in [-0.4, -0.2) is 42.3 Å². The minimum atomic E-state index is 0.221. The number of nitrogens with two attached hydrogens (primary N) is 1. The fraction of sp³-hybridized carbons (Fsp3) is 0.409. The van der Waals surface area contributed by atoms with Gasteiger partial charge in [0.15, 0.2) is 5.82 Å². The zero-order chi connectivity index (χ0) is 21.8. The van der Waals surface area contributed by atoms with Gasteiger partial charge in [0.2, 0.25) is 5.95 Å². The number of benzene rings is 1. The van der Waals surface area contributed by atoms with Crippen LogP contribution in [-0.2, 0) is 0 Å². The summed E-state index contributed by atoms with van der Waals surface area (Å²) in [5.74, 6) is 1.92. The van der Waals surface area contributed by atoms with Crippen molar-refractivity contribution < 1.29 is 9.47 Å². The van der Waals surface area contributed by atoms with Crippen LogP contribution in [0.2, 0.25) is 10.0 Å². The Kier molecular flexibility index (Phi) is 4.98. The van der Waals surface area contributed by atoms with Crippen molar-refractivity contribution in [3.05, 3.63) is 28.4 Å². The number of nitrogens with zero attached hydrogens (tertiary/aromatic N) is 4. The standard InChI is InChI=1S/C22H23Cl2N5O2/c1-30-14-8-15(31-2)18(24)16(17(14)23)13-7-12-9-26-21(25)28-19(12)20(27-13)29-10-22(11-29)5-3-4-6-22/h7-9H,3-6,10-11H2,1-2H3,(H2,25,26,28). The first-order chi connectivity index (χ1) is 14.9. The molecule has 3 heterocycles. The lowest BCUT2D eigenvalue weighted by atomic mass is 9.78. The second kappa shape index (κ2) is 7.57. The Morgan fingerprint density at radius 3 is 2.26 bits per heavy atom. The highest BCUT2D eigenvalue weighted by atomic mass is 35.5. The van der Waals surface area contributed by atoms with Gasteiger partial charge >= 0.3 is 0 Å². The lowest BCUT2D eigenvalue weighted by molar-refractivity contribution is 0.221. The molecule has 9 heteroatoms. The first-order valence-electron chi connectivity index (χ1n) is 10.2. The summed E-state index contributed by atoms with van der Waals surface area (Å²) in [4.78, 5) is 15.9. The summed E-state index contributed by atoms with van der Waals surface area (Å²) in [6, 6.07) is 3.54. The Labute approximate surface area is 190 Å². The molecule has 3 aromatic rings. The number of methoxy groups -OCH3 is 2. The number of hydrogen-bond acceptors (Lipinski definition) is 7. The van der Waals surface area contributed by atoms with E-state index in [0.29, 0.717) is 38.2 Å². The number of rotatable bonds is 4.